The lowest BCUT2D eigenvalue weighted by Crippen LogP contribution is -2.22. The van der Waals surface area contributed by atoms with E-state index in [1.54, 1.807) is 6.07 Å². The van der Waals surface area contributed by atoms with E-state index in [0.29, 0.717) is 0 Å². The van der Waals surface area contributed by atoms with Crippen molar-refractivity contribution in [3.8, 4) is 0 Å². The largest absolute Gasteiger partial charge is 0.295 e. The molecule has 2 unspecified atom stereocenters. The van der Waals surface area contributed by atoms with Gasteiger partial charge in [0.2, 0.25) is 11.8 Å². The van der Waals surface area contributed by atoms with Crippen molar-refractivity contribution in [3.63, 3.8) is 0 Å². The lowest BCUT2D eigenvalue weighted by atomic mass is 9.97. The molecule has 1 aromatic carbocycles. The van der Waals surface area contributed by atoms with E-state index in [2.05, 4.69) is 5.32 Å². The zero-order valence-corrected chi connectivity index (χ0v) is 8.29. The maximum absolute atomic E-state index is 13.4. The van der Waals surface area contributed by atoms with Gasteiger partial charge in [-0.2, -0.15) is 0 Å². The lowest BCUT2D eigenvalue weighted by molar-refractivity contribution is -0.125. The van der Waals surface area contributed by atoms with Crippen LogP contribution in [0.1, 0.15) is 11.5 Å². The topological polar surface area (TPSA) is 46.2 Å². The molecule has 1 saturated heterocycles. The van der Waals surface area contributed by atoms with Crippen molar-refractivity contribution in [1.82, 2.24) is 5.32 Å². The molecule has 78 valence electrons. The number of carbonyl (C=O) groups excluding carboxylic acids is 2. The van der Waals surface area contributed by atoms with E-state index in [-0.39, 0.29) is 5.56 Å². The summed E-state index contributed by atoms with van der Waals surface area (Å²) < 4.78 is 13.4. The molecule has 1 heterocycles. The molecule has 0 aliphatic carbocycles. The van der Waals surface area contributed by atoms with Crippen LogP contribution in [-0.4, -0.2) is 17.2 Å². The summed E-state index contributed by atoms with van der Waals surface area (Å²) in [6, 6.07) is 5.79. The Bertz CT molecular complexity index is 435. The minimum atomic E-state index is -1.03. The predicted molar refractivity (Wildman–Crippen MR) is 51.9 cm³/mol. The van der Waals surface area contributed by atoms with Crippen molar-refractivity contribution in [2.45, 2.75) is 11.3 Å². The Kier molecular flexibility index (Phi) is 2.44. The summed E-state index contributed by atoms with van der Waals surface area (Å²) in [7, 11) is 0. The van der Waals surface area contributed by atoms with Crippen LogP contribution in [0.4, 0.5) is 4.39 Å². The van der Waals surface area contributed by atoms with Gasteiger partial charge in [-0.15, -0.1) is 11.6 Å². The third-order valence-electron chi connectivity index (χ3n) is 2.31. The van der Waals surface area contributed by atoms with E-state index in [9.17, 15) is 14.0 Å². The van der Waals surface area contributed by atoms with Crippen LogP contribution in [0.2, 0.25) is 0 Å². The van der Waals surface area contributed by atoms with Gasteiger partial charge in [0.05, 0.1) is 5.92 Å². The first-order chi connectivity index (χ1) is 7.11. The van der Waals surface area contributed by atoms with Crippen LogP contribution in [0.15, 0.2) is 24.3 Å². The molecule has 5 heteroatoms. The summed E-state index contributed by atoms with van der Waals surface area (Å²) in [4.78, 5) is 22.5. The van der Waals surface area contributed by atoms with E-state index in [1.165, 1.54) is 18.2 Å². The molecule has 0 saturated carbocycles. The zero-order valence-electron chi connectivity index (χ0n) is 7.54. The van der Waals surface area contributed by atoms with Crippen molar-refractivity contribution < 1.29 is 14.0 Å². The number of benzene rings is 1. The first kappa shape index (κ1) is 10.1. The maximum Gasteiger partial charge on any atom is 0.245 e. The van der Waals surface area contributed by atoms with Gasteiger partial charge < -0.3 is 0 Å². The number of halogens is 2. The molecule has 1 aromatic rings. The van der Waals surface area contributed by atoms with E-state index < -0.39 is 28.9 Å². The average molecular weight is 228 g/mol. The maximum atomic E-state index is 13.4. The summed E-state index contributed by atoms with van der Waals surface area (Å²) in [5.74, 6) is -2.58. The van der Waals surface area contributed by atoms with Gasteiger partial charge in [0.15, 0.2) is 0 Å². The highest BCUT2D eigenvalue weighted by molar-refractivity contribution is 6.37. The molecule has 1 aliphatic heterocycles. The van der Waals surface area contributed by atoms with Crippen LogP contribution >= 0.6 is 11.6 Å². The molecule has 1 aliphatic rings. The molecule has 0 radical (unpaired) electrons. The zero-order chi connectivity index (χ0) is 11.0. The number of rotatable bonds is 1. The molecule has 0 bridgehead atoms. The number of amides is 2. The van der Waals surface area contributed by atoms with Crippen LogP contribution in [0, 0.1) is 5.82 Å². The van der Waals surface area contributed by atoms with Gasteiger partial charge in [-0.1, -0.05) is 18.2 Å². The Hall–Kier alpha value is -1.42. The first-order valence-electron chi connectivity index (χ1n) is 4.34. The lowest BCUT2D eigenvalue weighted by Gasteiger charge is -2.10. The minimum absolute atomic E-state index is 0.154. The minimum Gasteiger partial charge on any atom is -0.295 e. The number of hydrogen-bond acceptors (Lipinski definition) is 2. The number of hydrogen-bond donors (Lipinski definition) is 1. The summed E-state index contributed by atoms with van der Waals surface area (Å²) in [5, 5.41) is 1.03. The monoisotopic (exact) mass is 227 g/mol. The van der Waals surface area contributed by atoms with Gasteiger partial charge in [-0.05, 0) is 6.07 Å². The number of imide groups is 1. The van der Waals surface area contributed by atoms with Gasteiger partial charge in [0.1, 0.15) is 11.2 Å². The molecular formula is C10H7ClFNO2. The number of carbonyl (C=O) groups is 2. The van der Waals surface area contributed by atoms with Crippen molar-refractivity contribution in [2.24, 2.45) is 0 Å². The molecule has 2 rings (SSSR count). The molecule has 3 nitrogen and oxygen atoms in total. The van der Waals surface area contributed by atoms with Gasteiger partial charge in [0.25, 0.3) is 0 Å². The molecule has 0 spiro atoms. The first-order valence-corrected chi connectivity index (χ1v) is 4.78. The molecular weight excluding hydrogens is 221 g/mol. The second-order valence-corrected chi connectivity index (χ2v) is 3.72. The molecule has 15 heavy (non-hydrogen) atoms. The van der Waals surface area contributed by atoms with Crippen molar-refractivity contribution >= 4 is 23.4 Å². The number of alkyl halides is 1. The SMILES string of the molecule is O=C1NC(=O)C(c2ccccc2F)C1Cl. The van der Waals surface area contributed by atoms with Crippen LogP contribution in [0.25, 0.3) is 0 Å². The predicted octanol–water partition coefficient (Wildman–Crippen LogP) is 1.17. The normalized spacial score (nSPS) is 25.5. The second kappa shape index (κ2) is 3.62. The fraction of sp³-hybridized carbons (Fsp3) is 0.200. The highest BCUT2D eigenvalue weighted by Gasteiger charge is 2.42. The van der Waals surface area contributed by atoms with Crippen molar-refractivity contribution in [1.29, 1.82) is 0 Å². The molecule has 2 amide bonds. The summed E-state index contributed by atoms with van der Waals surface area (Å²) in [5.41, 5.74) is 0.154. The van der Waals surface area contributed by atoms with Gasteiger partial charge in [-0.25, -0.2) is 4.39 Å². The van der Waals surface area contributed by atoms with Crippen LogP contribution in [0.3, 0.4) is 0 Å². The third kappa shape index (κ3) is 1.61. The summed E-state index contributed by atoms with van der Waals surface area (Å²) >= 11 is 5.73. The Labute approximate surface area is 90.2 Å². The van der Waals surface area contributed by atoms with Crippen LogP contribution in [-0.2, 0) is 9.59 Å². The van der Waals surface area contributed by atoms with E-state index >= 15 is 0 Å². The fourth-order valence-electron chi connectivity index (χ4n) is 1.58. The molecule has 1 N–H and O–H groups in total. The van der Waals surface area contributed by atoms with Crippen molar-refractivity contribution in [3.05, 3.63) is 35.6 Å². The van der Waals surface area contributed by atoms with Crippen molar-refractivity contribution in [2.75, 3.05) is 0 Å². The Morgan fingerprint density at radius 1 is 1.20 bits per heavy atom. The van der Waals surface area contributed by atoms with E-state index in [0.717, 1.165) is 0 Å². The highest BCUT2D eigenvalue weighted by atomic mass is 35.5. The molecule has 1 fully saturated rings. The summed E-state index contributed by atoms with van der Waals surface area (Å²) in [6.07, 6.45) is 0. The summed E-state index contributed by atoms with van der Waals surface area (Å²) in [6.45, 7) is 0. The third-order valence-corrected chi connectivity index (χ3v) is 2.76. The quantitative estimate of drug-likeness (QED) is 0.578. The Morgan fingerprint density at radius 3 is 2.40 bits per heavy atom. The highest BCUT2D eigenvalue weighted by Crippen LogP contribution is 2.30. The van der Waals surface area contributed by atoms with Crippen LogP contribution < -0.4 is 5.32 Å². The van der Waals surface area contributed by atoms with Crippen LogP contribution in [0.5, 0.6) is 0 Å². The second-order valence-electron chi connectivity index (χ2n) is 3.25. The standard InChI is InChI=1S/C10H7ClFNO2/c11-8-7(9(14)13-10(8)15)5-3-1-2-4-6(5)12/h1-4,7-8H,(H,13,14,15). The number of nitrogens with one attached hydrogen (secondary N) is 1. The molecule has 2 atom stereocenters. The Balaban J connectivity index is 2.43. The average Bonchev–Trinajstić information content (AvgIpc) is 2.43. The van der Waals surface area contributed by atoms with Gasteiger partial charge in [0, 0.05) is 5.56 Å². The molecule has 0 aromatic heterocycles. The van der Waals surface area contributed by atoms with E-state index in [1.807, 2.05) is 0 Å². The van der Waals surface area contributed by atoms with Gasteiger partial charge >= 0.3 is 0 Å². The fourth-order valence-corrected chi connectivity index (χ4v) is 1.88. The van der Waals surface area contributed by atoms with E-state index in [4.69, 9.17) is 11.6 Å². The smallest absolute Gasteiger partial charge is 0.245 e. The Morgan fingerprint density at radius 2 is 1.87 bits per heavy atom. The van der Waals surface area contributed by atoms with Gasteiger partial charge in [-0.3, -0.25) is 14.9 Å².